The Balaban J connectivity index is 1.61. The van der Waals surface area contributed by atoms with E-state index in [-0.39, 0.29) is 11.8 Å². The van der Waals surface area contributed by atoms with Crippen molar-refractivity contribution in [3.63, 3.8) is 0 Å². The molecule has 0 radical (unpaired) electrons. The van der Waals surface area contributed by atoms with E-state index in [1.54, 1.807) is 0 Å². The largest absolute Gasteiger partial charge is 0.350 e. The SMILES string of the molecule is C=C1C=CC=C(C(=O)NC[C@@H]2CCC3C[C@H]2C3(C)C)N1/C=C(\C)CC(=O)N(CCC)CCNCC. The van der Waals surface area contributed by atoms with E-state index in [1.807, 2.05) is 41.2 Å². The first-order valence-corrected chi connectivity index (χ1v) is 13.5. The third-order valence-electron chi connectivity index (χ3n) is 8.30. The molecule has 6 heteroatoms. The number of carbonyl (C=O) groups excluding carboxylic acids is 2. The molecule has 0 saturated heterocycles. The van der Waals surface area contributed by atoms with Crippen molar-refractivity contribution < 1.29 is 9.59 Å². The van der Waals surface area contributed by atoms with Crippen LogP contribution in [0.5, 0.6) is 0 Å². The van der Waals surface area contributed by atoms with Gasteiger partial charge < -0.3 is 20.4 Å². The summed E-state index contributed by atoms with van der Waals surface area (Å²) >= 11 is 0. The molecule has 4 rings (SSSR count). The molecular formula is C29H46N4O2. The molecule has 1 aliphatic heterocycles. The number of nitrogens with one attached hydrogen (secondary N) is 2. The number of hydrogen-bond acceptors (Lipinski definition) is 4. The Morgan fingerprint density at radius 3 is 2.69 bits per heavy atom. The second-order valence-corrected chi connectivity index (χ2v) is 11.1. The number of nitrogens with zero attached hydrogens (tertiary/aromatic N) is 2. The zero-order valence-electron chi connectivity index (χ0n) is 22.5. The van der Waals surface area contributed by atoms with Crippen LogP contribution in [0.4, 0.5) is 0 Å². The van der Waals surface area contributed by atoms with Gasteiger partial charge in [-0.3, -0.25) is 9.59 Å². The highest BCUT2D eigenvalue weighted by Gasteiger charge is 2.53. The molecule has 3 atom stereocenters. The summed E-state index contributed by atoms with van der Waals surface area (Å²) in [6.45, 7) is 18.9. The molecule has 1 unspecified atom stereocenters. The number of fused-ring (bicyclic) bond motifs is 2. The van der Waals surface area contributed by atoms with Crippen LogP contribution in [0.2, 0.25) is 0 Å². The van der Waals surface area contributed by atoms with Crippen molar-refractivity contribution >= 4 is 11.8 Å². The Hall–Kier alpha value is -2.34. The van der Waals surface area contributed by atoms with Crippen LogP contribution in [0.25, 0.3) is 0 Å². The molecule has 1 heterocycles. The Bertz CT molecular complexity index is 883. The summed E-state index contributed by atoms with van der Waals surface area (Å²) in [5.41, 5.74) is 2.60. The van der Waals surface area contributed by atoms with Gasteiger partial charge in [-0.05, 0) is 80.0 Å². The highest BCUT2D eigenvalue weighted by molar-refractivity contribution is 5.94. The topological polar surface area (TPSA) is 64.7 Å². The van der Waals surface area contributed by atoms with Crippen LogP contribution in [-0.4, -0.2) is 54.3 Å². The Kier molecular flexibility index (Phi) is 9.40. The van der Waals surface area contributed by atoms with Crippen molar-refractivity contribution in [3.05, 3.63) is 48.0 Å². The fourth-order valence-electron chi connectivity index (χ4n) is 6.06. The third kappa shape index (κ3) is 6.46. The van der Waals surface area contributed by atoms with Gasteiger partial charge in [-0.15, -0.1) is 0 Å². The fourth-order valence-corrected chi connectivity index (χ4v) is 6.06. The van der Waals surface area contributed by atoms with E-state index in [4.69, 9.17) is 0 Å². The standard InChI is InChI=1S/C29H46N4O2/c1-7-15-32(16-14-30-8-2)27(34)17-21(3)20-33-22(4)10-9-11-26(33)28(35)31-19-23-12-13-24-18-25(23)29(24,5)6/h9-11,20,23-25,30H,4,7-8,12-19H2,1-3,5-6H3,(H,31,35)/b21-20+/t23-,24?,25+/m0/s1. The van der Waals surface area contributed by atoms with Crippen molar-refractivity contribution in [3.8, 4) is 0 Å². The van der Waals surface area contributed by atoms with E-state index in [9.17, 15) is 9.59 Å². The Morgan fingerprint density at radius 1 is 1.26 bits per heavy atom. The van der Waals surface area contributed by atoms with Crippen LogP contribution in [0.1, 0.15) is 66.7 Å². The molecule has 3 saturated carbocycles. The first-order valence-electron chi connectivity index (χ1n) is 13.5. The molecule has 0 aromatic heterocycles. The smallest absolute Gasteiger partial charge is 0.268 e. The van der Waals surface area contributed by atoms with Crippen LogP contribution < -0.4 is 10.6 Å². The predicted molar refractivity (Wildman–Crippen MR) is 143 cm³/mol. The maximum Gasteiger partial charge on any atom is 0.268 e. The van der Waals surface area contributed by atoms with Gasteiger partial charge in [0.1, 0.15) is 5.70 Å². The molecule has 2 amide bonds. The van der Waals surface area contributed by atoms with Crippen molar-refractivity contribution in [1.82, 2.24) is 20.4 Å². The number of hydrogen-bond donors (Lipinski definition) is 2. The molecule has 2 N–H and O–H groups in total. The zero-order chi connectivity index (χ0) is 25.6. The van der Waals surface area contributed by atoms with Crippen LogP contribution in [0.15, 0.2) is 48.0 Å². The zero-order valence-corrected chi connectivity index (χ0v) is 22.5. The predicted octanol–water partition coefficient (Wildman–Crippen LogP) is 4.59. The van der Waals surface area contributed by atoms with Gasteiger partial charge in [-0.1, -0.05) is 40.3 Å². The quantitative estimate of drug-likeness (QED) is 0.400. The fraction of sp³-hybridized carbons (Fsp3) is 0.655. The minimum atomic E-state index is -0.0802. The molecule has 35 heavy (non-hydrogen) atoms. The normalized spacial score (nSPS) is 25.1. The van der Waals surface area contributed by atoms with Crippen molar-refractivity contribution in [2.75, 3.05) is 32.7 Å². The average molecular weight is 483 g/mol. The number of carbonyl (C=O) groups is 2. The van der Waals surface area contributed by atoms with Gasteiger partial charge in [0, 0.05) is 44.5 Å². The lowest BCUT2D eigenvalue weighted by molar-refractivity contribution is -0.130. The van der Waals surface area contributed by atoms with E-state index < -0.39 is 0 Å². The Labute approximate surface area is 212 Å². The van der Waals surface area contributed by atoms with Gasteiger partial charge in [-0.25, -0.2) is 0 Å². The number of amides is 2. The summed E-state index contributed by atoms with van der Waals surface area (Å²) in [6.07, 6.45) is 12.5. The van der Waals surface area contributed by atoms with Crippen LogP contribution in [-0.2, 0) is 9.59 Å². The lowest BCUT2D eigenvalue weighted by atomic mass is 9.45. The summed E-state index contributed by atoms with van der Waals surface area (Å²) in [5, 5.41) is 6.50. The minimum absolute atomic E-state index is 0.0802. The molecule has 6 nitrogen and oxygen atoms in total. The van der Waals surface area contributed by atoms with E-state index in [0.717, 1.165) is 49.8 Å². The average Bonchev–Trinajstić information content (AvgIpc) is 2.83. The maximum absolute atomic E-state index is 13.2. The molecular weight excluding hydrogens is 436 g/mol. The first-order chi connectivity index (χ1) is 16.7. The molecule has 194 valence electrons. The van der Waals surface area contributed by atoms with E-state index in [0.29, 0.717) is 35.9 Å². The van der Waals surface area contributed by atoms with Crippen molar-refractivity contribution in [2.45, 2.75) is 66.7 Å². The second kappa shape index (κ2) is 12.1. The van der Waals surface area contributed by atoms with Crippen LogP contribution in [0.3, 0.4) is 0 Å². The summed E-state index contributed by atoms with van der Waals surface area (Å²) < 4.78 is 0. The summed E-state index contributed by atoms with van der Waals surface area (Å²) in [4.78, 5) is 29.9. The molecule has 2 bridgehead atoms. The third-order valence-corrected chi connectivity index (χ3v) is 8.30. The van der Waals surface area contributed by atoms with Gasteiger partial charge in [0.2, 0.25) is 5.91 Å². The number of likely N-dealkylation sites (N-methyl/N-ethyl adjacent to an activating group) is 1. The number of allylic oxidation sites excluding steroid dienone is 3. The van der Waals surface area contributed by atoms with E-state index in [2.05, 4.69) is 44.9 Å². The molecule has 0 aromatic carbocycles. The number of rotatable bonds is 12. The molecule has 0 spiro atoms. The summed E-state index contributed by atoms with van der Waals surface area (Å²) in [7, 11) is 0. The highest BCUT2D eigenvalue weighted by atomic mass is 16.2. The monoisotopic (exact) mass is 482 g/mol. The van der Waals surface area contributed by atoms with Gasteiger partial charge >= 0.3 is 0 Å². The molecule has 3 fully saturated rings. The molecule has 0 aromatic rings. The van der Waals surface area contributed by atoms with Crippen LogP contribution in [0, 0.1) is 23.2 Å². The van der Waals surface area contributed by atoms with Gasteiger partial charge in [0.05, 0.1) is 0 Å². The first kappa shape index (κ1) is 27.3. The van der Waals surface area contributed by atoms with Crippen LogP contribution >= 0.6 is 0 Å². The van der Waals surface area contributed by atoms with E-state index in [1.165, 1.54) is 19.3 Å². The van der Waals surface area contributed by atoms with Crippen molar-refractivity contribution in [1.29, 1.82) is 0 Å². The molecule has 4 aliphatic rings. The Morgan fingerprint density at radius 2 is 2.03 bits per heavy atom. The lowest BCUT2D eigenvalue weighted by Gasteiger charge is -2.60. The lowest BCUT2D eigenvalue weighted by Crippen LogP contribution is -2.54. The highest BCUT2D eigenvalue weighted by Crippen LogP contribution is 2.61. The van der Waals surface area contributed by atoms with Gasteiger partial charge in [-0.2, -0.15) is 0 Å². The summed E-state index contributed by atoms with van der Waals surface area (Å²) in [6, 6.07) is 0. The van der Waals surface area contributed by atoms with E-state index >= 15 is 0 Å². The summed E-state index contributed by atoms with van der Waals surface area (Å²) in [5.74, 6) is 2.15. The van der Waals surface area contributed by atoms with Gasteiger partial charge in [0.15, 0.2) is 0 Å². The van der Waals surface area contributed by atoms with Gasteiger partial charge in [0.25, 0.3) is 5.91 Å². The molecule has 3 aliphatic carbocycles. The second-order valence-electron chi connectivity index (χ2n) is 11.1. The maximum atomic E-state index is 13.2. The van der Waals surface area contributed by atoms with Crippen molar-refractivity contribution in [2.24, 2.45) is 23.2 Å². The minimum Gasteiger partial charge on any atom is -0.350 e.